The van der Waals surface area contributed by atoms with Gasteiger partial charge < -0.3 is 4.74 Å². The van der Waals surface area contributed by atoms with E-state index in [1.54, 1.807) is 0 Å². The van der Waals surface area contributed by atoms with E-state index < -0.39 is 0 Å². The number of hydrogen-bond acceptors (Lipinski definition) is 2. The SMILES string of the molecule is CCCCCCC#CCCC(=O)OC. The predicted octanol–water partition coefficient (Wildman–Crippen LogP) is 2.91. The topological polar surface area (TPSA) is 26.3 Å². The number of rotatable bonds is 6. The van der Waals surface area contributed by atoms with Crippen LogP contribution in [0.1, 0.15) is 51.9 Å². The third kappa shape index (κ3) is 9.12. The van der Waals surface area contributed by atoms with Crippen LogP contribution in [0.5, 0.6) is 0 Å². The van der Waals surface area contributed by atoms with Crippen LogP contribution in [0, 0.1) is 11.8 Å². The molecule has 0 unspecified atom stereocenters. The molecular weight excluding hydrogens is 176 g/mol. The van der Waals surface area contributed by atoms with Crippen molar-refractivity contribution in [2.45, 2.75) is 51.9 Å². The van der Waals surface area contributed by atoms with Gasteiger partial charge in [-0.2, -0.15) is 0 Å². The highest BCUT2D eigenvalue weighted by atomic mass is 16.5. The summed E-state index contributed by atoms with van der Waals surface area (Å²) in [6.07, 6.45) is 7.00. The minimum absolute atomic E-state index is 0.176. The number of esters is 1. The van der Waals surface area contributed by atoms with Crippen LogP contribution in [0.15, 0.2) is 0 Å². The Labute approximate surface area is 87.0 Å². The lowest BCUT2D eigenvalue weighted by Gasteiger charge is -1.93. The Kier molecular flexibility index (Phi) is 9.41. The summed E-state index contributed by atoms with van der Waals surface area (Å²) in [5, 5.41) is 0. The van der Waals surface area contributed by atoms with Gasteiger partial charge in [-0.15, -0.1) is 11.8 Å². The number of hydrogen-bond donors (Lipinski definition) is 0. The monoisotopic (exact) mass is 196 g/mol. The largest absolute Gasteiger partial charge is 0.469 e. The molecule has 0 aromatic carbocycles. The maximum absolute atomic E-state index is 10.7. The summed E-state index contributed by atoms with van der Waals surface area (Å²) in [5.41, 5.74) is 0. The molecule has 0 aliphatic carbocycles. The molecule has 14 heavy (non-hydrogen) atoms. The van der Waals surface area contributed by atoms with E-state index in [2.05, 4.69) is 23.5 Å². The van der Waals surface area contributed by atoms with Gasteiger partial charge in [-0.05, 0) is 6.42 Å². The van der Waals surface area contributed by atoms with Gasteiger partial charge in [-0.3, -0.25) is 4.79 Å². The minimum atomic E-state index is -0.176. The molecule has 2 heteroatoms. The first-order chi connectivity index (χ1) is 6.81. The summed E-state index contributed by atoms with van der Waals surface area (Å²) in [6.45, 7) is 2.20. The molecule has 0 aliphatic rings. The van der Waals surface area contributed by atoms with Crippen molar-refractivity contribution in [2.75, 3.05) is 7.11 Å². The van der Waals surface area contributed by atoms with E-state index in [9.17, 15) is 4.79 Å². The summed E-state index contributed by atoms with van der Waals surface area (Å²) in [5.74, 6) is 5.87. The second-order valence-electron chi connectivity index (χ2n) is 3.24. The van der Waals surface area contributed by atoms with Crippen molar-refractivity contribution in [1.82, 2.24) is 0 Å². The van der Waals surface area contributed by atoms with Gasteiger partial charge in [0.1, 0.15) is 0 Å². The first-order valence-electron chi connectivity index (χ1n) is 5.33. The Morgan fingerprint density at radius 3 is 2.50 bits per heavy atom. The molecule has 0 rings (SSSR count). The summed E-state index contributed by atoms with van der Waals surface area (Å²) in [6, 6.07) is 0. The fraction of sp³-hybridized carbons (Fsp3) is 0.750. The van der Waals surface area contributed by atoms with E-state index in [1.165, 1.54) is 32.8 Å². The Balaban J connectivity index is 3.22. The highest BCUT2D eigenvalue weighted by Crippen LogP contribution is 2.01. The van der Waals surface area contributed by atoms with Gasteiger partial charge in [0, 0.05) is 12.8 Å². The average Bonchev–Trinajstić information content (AvgIpc) is 2.21. The highest BCUT2D eigenvalue weighted by molar-refractivity contribution is 5.69. The second-order valence-corrected chi connectivity index (χ2v) is 3.24. The number of methoxy groups -OCH3 is 1. The van der Waals surface area contributed by atoms with Crippen molar-refractivity contribution in [1.29, 1.82) is 0 Å². The van der Waals surface area contributed by atoms with Crippen LogP contribution >= 0.6 is 0 Å². The number of carbonyl (C=O) groups excluding carboxylic acids is 1. The van der Waals surface area contributed by atoms with E-state index >= 15 is 0 Å². The van der Waals surface area contributed by atoms with Gasteiger partial charge in [0.05, 0.1) is 13.5 Å². The first-order valence-corrected chi connectivity index (χ1v) is 5.33. The molecule has 0 saturated carbocycles. The minimum Gasteiger partial charge on any atom is -0.469 e. The van der Waals surface area contributed by atoms with Crippen molar-refractivity contribution in [3.05, 3.63) is 0 Å². The van der Waals surface area contributed by atoms with E-state index in [0.717, 1.165) is 6.42 Å². The normalized spacial score (nSPS) is 9.00. The Bertz CT molecular complexity index is 198. The van der Waals surface area contributed by atoms with Crippen molar-refractivity contribution in [3.63, 3.8) is 0 Å². The fourth-order valence-electron chi connectivity index (χ4n) is 1.08. The van der Waals surface area contributed by atoms with Crippen LogP contribution in [0.25, 0.3) is 0 Å². The molecule has 0 saturated heterocycles. The lowest BCUT2D eigenvalue weighted by Crippen LogP contribution is -1.98. The molecule has 0 bridgehead atoms. The molecule has 0 aliphatic heterocycles. The van der Waals surface area contributed by atoms with Crippen molar-refractivity contribution in [3.8, 4) is 11.8 Å². The zero-order chi connectivity index (χ0) is 10.6. The molecule has 0 amide bonds. The molecule has 0 aromatic rings. The maximum Gasteiger partial charge on any atom is 0.306 e. The molecular formula is C12H20O2. The van der Waals surface area contributed by atoms with Crippen molar-refractivity contribution in [2.24, 2.45) is 0 Å². The molecule has 0 N–H and O–H groups in total. The molecule has 0 radical (unpaired) electrons. The van der Waals surface area contributed by atoms with Crippen molar-refractivity contribution < 1.29 is 9.53 Å². The van der Waals surface area contributed by atoms with Gasteiger partial charge >= 0.3 is 5.97 Å². The van der Waals surface area contributed by atoms with Gasteiger partial charge in [0.15, 0.2) is 0 Å². The van der Waals surface area contributed by atoms with Crippen LogP contribution < -0.4 is 0 Å². The van der Waals surface area contributed by atoms with E-state index in [-0.39, 0.29) is 5.97 Å². The third-order valence-electron chi connectivity index (χ3n) is 1.96. The second kappa shape index (κ2) is 10.1. The van der Waals surface area contributed by atoms with Gasteiger partial charge in [0.2, 0.25) is 0 Å². The molecule has 0 heterocycles. The molecule has 0 atom stereocenters. The van der Waals surface area contributed by atoms with Crippen LogP contribution in [0.3, 0.4) is 0 Å². The van der Waals surface area contributed by atoms with E-state index in [4.69, 9.17) is 0 Å². The lowest BCUT2D eigenvalue weighted by molar-refractivity contribution is -0.140. The Hall–Kier alpha value is -0.970. The van der Waals surface area contributed by atoms with Crippen LogP contribution in [-0.2, 0) is 9.53 Å². The number of ether oxygens (including phenoxy) is 1. The fourth-order valence-corrected chi connectivity index (χ4v) is 1.08. The molecule has 0 fully saturated rings. The Morgan fingerprint density at radius 2 is 1.86 bits per heavy atom. The summed E-state index contributed by atoms with van der Waals surface area (Å²) < 4.78 is 4.50. The van der Waals surface area contributed by atoms with Crippen LogP contribution in [0.2, 0.25) is 0 Å². The molecule has 0 aromatic heterocycles. The van der Waals surface area contributed by atoms with Gasteiger partial charge in [-0.25, -0.2) is 0 Å². The predicted molar refractivity (Wildman–Crippen MR) is 57.8 cm³/mol. The quantitative estimate of drug-likeness (QED) is 0.371. The number of unbranched alkanes of at least 4 members (excludes halogenated alkanes) is 4. The third-order valence-corrected chi connectivity index (χ3v) is 1.96. The smallest absolute Gasteiger partial charge is 0.306 e. The zero-order valence-electron chi connectivity index (χ0n) is 9.27. The standard InChI is InChI=1S/C12H20O2/c1-3-4-5-6-7-8-9-10-11-12(13)14-2/h3-7,10-11H2,1-2H3. The highest BCUT2D eigenvalue weighted by Gasteiger charge is 1.95. The molecule has 2 nitrogen and oxygen atoms in total. The summed E-state index contributed by atoms with van der Waals surface area (Å²) >= 11 is 0. The Morgan fingerprint density at radius 1 is 1.14 bits per heavy atom. The van der Waals surface area contributed by atoms with Crippen molar-refractivity contribution >= 4 is 5.97 Å². The maximum atomic E-state index is 10.7. The van der Waals surface area contributed by atoms with E-state index in [0.29, 0.717) is 12.8 Å². The lowest BCUT2D eigenvalue weighted by atomic mass is 10.1. The molecule has 0 spiro atoms. The zero-order valence-corrected chi connectivity index (χ0v) is 9.27. The van der Waals surface area contributed by atoms with E-state index in [1.807, 2.05) is 0 Å². The van der Waals surface area contributed by atoms with Gasteiger partial charge in [-0.1, -0.05) is 26.2 Å². The van der Waals surface area contributed by atoms with Crippen LogP contribution in [0.4, 0.5) is 0 Å². The first kappa shape index (κ1) is 13.0. The average molecular weight is 196 g/mol. The molecule has 80 valence electrons. The van der Waals surface area contributed by atoms with Gasteiger partial charge in [0.25, 0.3) is 0 Å². The number of carbonyl (C=O) groups is 1. The summed E-state index contributed by atoms with van der Waals surface area (Å²) in [7, 11) is 1.40. The summed E-state index contributed by atoms with van der Waals surface area (Å²) in [4.78, 5) is 10.7. The van der Waals surface area contributed by atoms with Crippen LogP contribution in [-0.4, -0.2) is 13.1 Å².